The number of aliphatic hydroxyl groups is 1. The van der Waals surface area contributed by atoms with Gasteiger partial charge in [-0.05, 0) is 36.2 Å². The minimum atomic E-state index is -0.501. The molecule has 152 valence electrons. The van der Waals surface area contributed by atoms with Crippen molar-refractivity contribution in [3.05, 3.63) is 95.6 Å². The number of hydrogen-bond acceptors (Lipinski definition) is 3. The van der Waals surface area contributed by atoms with Crippen LogP contribution in [0.1, 0.15) is 29.7 Å². The van der Waals surface area contributed by atoms with Gasteiger partial charge in [0.25, 0.3) is 0 Å². The molecule has 0 aromatic heterocycles. The van der Waals surface area contributed by atoms with Gasteiger partial charge in [-0.2, -0.15) is 0 Å². The molecule has 29 heavy (non-hydrogen) atoms. The van der Waals surface area contributed by atoms with Crippen LogP contribution in [0.15, 0.2) is 78.9 Å². The number of aliphatic hydroxyl groups excluding tert-OH is 1. The van der Waals surface area contributed by atoms with Crippen molar-refractivity contribution in [1.29, 1.82) is 0 Å². The van der Waals surface area contributed by atoms with E-state index in [2.05, 4.69) is 23.5 Å². The Labute approximate surface area is 173 Å². The van der Waals surface area contributed by atoms with Crippen molar-refractivity contribution in [2.75, 3.05) is 13.7 Å². The van der Waals surface area contributed by atoms with Gasteiger partial charge in [0.2, 0.25) is 0 Å². The van der Waals surface area contributed by atoms with Crippen molar-refractivity contribution in [3.63, 3.8) is 0 Å². The van der Waals surface area contributed by atoms with Gasteiger partial charge < -0.3 is 19.9 Å². The molecule has 0 saturated heterocycles. The second kappa shape index (κ2) is 10.6. The first kappa shape index (κ1) is 20.9. The van der Waals surface area contributed by atoms with Crippen LogP contribution in [-0.4, -0.2) is 24.9 Å². The Kier molecular flexibility index (Phi) is 7.68. The lowest BCUT2D eigenvalue weighted by Gasteiger charge is -2.18. The van der Waals surface area contributed by atoms with E-state index in [1.807, 2.05) is 67.6 Å². The zero-order valence-electron chi connectivity index (χ0n) is 17.1. The summed E-state index contributed by atoms with van der Waals surface area (Å²) in [6.07, 6.45) is 0.354. The SMILES string of the molecule is COc1cc(C[NH2+][C@@H](C)[C@@H](O)c2ccccc2)ccc1OCCc1ccccc1. The van der Waals surface area contributed by atoms with E-state index in [1.54, 1.807) is 7.11 Å². The van der Waals surface area contributed by atoms with Gasteiger partial charge in [-0.3, -0.25) is 0 Å². The Balaban J connectivity index is 1.54. The summed E-state index contributed by atoms with van der Waals surface area (Å²) in [5.41, 5.74) is 3.32. The highest BCUT2D eigenvalue weighted by Gasteiger charge is 2.19. The molecule has 0 aliphatic rings. The van der Waals surface area contributed by atoms with Gasteiger partial charge in [-0.25, -0.2) is 0 Å². The van der Waals surface area contributed by atoms with E-state index in [0.717, 1.165) is 35.6 Å². The number of benzene rings is 3. The smallest absolute Gasteiger partial charge is 0.161 e. The summed E-state index contributed by atoms with van der Waals surface area (Å²) in [7, 11) is 1.66. The summed E-state index contributed by atoms with van der Waals surface area (Å²) in [5.74, 6) is 1.49. The Morgan fingerprint density at radius 2 is 1.55 bits per heavy atom. The lowest BCUT2D eigenvalue weighted by Crippen LogP contribution is -2.88. The predicted octanol–water partition coefficient (Wildman–Crippen LogP) is 3.50. The summed E-state index contributed by atoms with van der Waals surface area (Å²) in [4.78, 5) is 0. The van der Waals surface area contributed by atoms with Gasteiger partial charge >= 0.3 is 0 Å². The molecule has 0 aliphatic carbocycles. The number of ether oxygens (including phenoxy) is 2. The van der Waals surface area contributed by atoms with E-state index in [1.165, 1.54) is 5.56 Å². The maximum atomic E-state index is 10.5. The maximum Gasteiger partial charge on any atom is 0.161 e. The standard InChI is InChI=1S/C25H29NO3/c1-19(25(27)22-11-7-4-8-12-22)26-18-21-13-14-23(24(17-21)28-2)29-16-15-20-9-5-3-6-10-20/h3-14,17,19,25-27H,15-16,18H2,1-2H3/p+1/t19-,25+/m0/s1. The first-order valence-corrected chi connectivity index (χ1v) is 10.1. The minimum absolute atomic E-state index is 0.0465. The van der Waals surface area contributed by atoms with Gasteiger partial charge in [0.1, 0.15) is 18.7 Å². The molecule has 3 rings (SSSR count). The van der Waals surface area contributed by atoms with Crippen LogP contribution in [0.5, 0.6) is 11.5 Å². The summed E-state index contributed by atoms with van der Waals surface area (Å²) in [5, 5.41) is 12.7. The van der Waals surface area contributed by atoms with Crippen LogP contribution in [-0.2, 0) is 13.0 Å². The molecule has 0 spiro atoms. The van der Waals surface area contributed by atoms with Crippen LogP contribution >= 0.6 is 0 Å². The Morgan fingerprint density at radius 1 is 0.862 bits per heavy atom. The molecule has 0 fully saturated rings. The van der Waals surface area contributed by atoms with Gasteiger partial charge in [-0.15, -0.1) is 0 Å². The molecule has 3 N–H and O–H groups in total. The van der Waals surface area contributed by atoms with Gasteiger partial charge in [0.05, 0.1) is 13.7 Å². The normalized spacial score (nSPS) is 12.9. The number of quaternary nitrogens is 1. The summed E-state index contributed by atoms with van der Waals surface area (Å²) < 4.78 is 11.5. The van der Waals surface area contributed by atoms with E-state index in [0.29, 0.717) is 6.61 Å². The Morgan fingerprint density at radius 3 is 2.24 bits per heavy atom. The molecular weight excluding hydrogens is 362 g/mol. The summed E-state index contributed by atoms with van der Waals surface area (Å²) in [6.45, 7) is 3.40. The van der Waals surface area contributed by atoms with Crippen molar-refractivity contribution in [3.8, 4) is 11.5 Å². The van der Waals surface area contributed by atoms with Crippen molar-refractivity contribution in [1.82, 2.24) is 0 Å². The lowest BCUT2D eigenvalue weighted by molar-refractivity contribution is -0.709. The average molecular weight is 393 g/mol. The quantitative estimate of drug-likeness (QED) is 0.555. The fraction of sp³-hybridized carbons (Fsp3) is 0.280. The van der Waals surface area contributed by atoms with Gasteiger partial charge in [-0.1, -0.05) is 60.7 Å². The molecule has 0 bridgehead atoms. The fourth-order valence-electron chi connectivity index (χ4n) is 3.29. The van der Waals surface area contributed by atoms with E-state index in [-0.39, 0.29) is 6.04 Å². The lowest BCUT2D eigenvalue weighted by atomic mass is 10.0. The second-order valence-corrected chi connectivity index (χ2v) is 7.22. The molecule has 3 aromatic rings. The monoisotopic (exact) mass is 392 g/mol. The number of rotatable bonds is 10. The average Bonchev–Trinajstić information content (AvgIpc) is 2.78. The van der Waals surface area contributed by atoms with Gasteiger partial charge in [0.15, 0.2) is 11.5 Å². The van der Waals surface area contributed by atoms with Crippen molar-refractivity contribution in [2.45, 2.75) is 32.0 Å². The molecule has 0 unspecified atom stereocenters. The fourth-order valence-corrected chi connectivity index (χ4v) is 3.29. The minimum Gasteiger partial charge on any atom is -0.493 e. The van der Waals surface area contributed by atoms with E-state index in [4.69, 9.17) is 9.47 Å². The topological polar surface area (TPSA) is 55.3 Å². The molecule has 2 atom stereocenters. The number of hydrogen-bond donors (Lipinski definition) is 2. The number of nitrogens with two attached hydrogens (primary N) is 1. The summed E-state index contributed by atoms with van der Waals surface area (Å²) in [6, 6.07) is 26.1. The zero-order chi connectivity index (χ0) is 20.5. The molecule has 0 heterocycles. The first-order chi connectivity index (χ1) is 14.2. The maximum absolute atomic E-state index is 10.5. The highest BCUT2D eigenvalue weighted by atomic mass is 16.5. The van der Waals surface area contributed by atoms with E-state index < -0.39 is 6.10 Å². The van der Waals surface area contributed by atoms with Crippen LogP contribution in [0.2, 0.25) is 0 Å². The van der Waals surface area contributed by atoms with Crippen molar-refractivity contribution in [2.24, 2.45) is 0 Å². The molecular formula is C25H30NO3+. The van der Waals surface area contributed by atoms with Crippen LogP contribution in [0, 0.1) is 0 Å². The largest absolute Gasteiger partial charge is 0.493 e. The highest BCUT2D eigenvalue weighted by Crippen LogP contribution is 2.28. The molecule has 0 radical (unpaired) electrons. The van der Waals surface area contributed by atoms with Crippen LogP contribution in [0.4, 0.5) is 0 Å². The molecule has 0 amide bonds. The van der Waals surface area contributed by atoms with E-state index in [9.17, 15) is 5.11 Å². The summed E-state index contributed by atoms with van der Waals surface area (Å²) >= 11 is 0. The molecule has 0 aliphatic heterocycles. The third-order valence-electron chi connectivity index (χ3n) is 5.08. The van der Waals surface area contributed by atoms with E-state index >= 15 is 0 Å². The predicted molar refractivity (Wildman–Crippen MR) is 115 cm³/mol. The van der Waals surface area contributed by atoms with Crippen molar-refractivity contribution >= 4 is 0 Å². The molecule has 0 saturated carbocycles. The second-order valence-electron chi connectivity index (χ2n) is 7.22. The zero-order valence-corrected chi connectivity index (χ0v) is 17.1. The highest BCUT2D eigenvalue weighted by molar-refractivity contribution is 5.42. The Bertz CT molecular complexity index is 868. The van der Waals surface area contributed by atoms with Crippen molar-refractivity contribution < 1.29 is 19.9 Å². The third kappa shape index (κ3) is 6.08. The first-order valence-electron chi connectivity index (χ1n) is 10.1. The Hall–Kier alpha value is -2.82. The van der Waals surface area contributed by atoms with Crippen LogP contribution < -0.4 is 14.8 Å². The molecule has 4 heteroatoms. The molecule has 4 nitrogen and oxygen atoms in total. The third-order valence-corrected chi connectivity index (χ3v) is 5.08. The van der Waals surface area contributed by atoms with Crippen LogP contribution in [0.25, 0.3) is 0 Å². The van der Waals surface area contributed by atoms with Crippen LogP contribution in [0.3, 0.4) is 0 Å². The number of methoxy groups -OCH3 is 1. The van der Waals surface area contributed by atoms with Gasteiger partial charge in [0, 0.05) is 12.0 Å². The molecule has 3 aromatic carbocycles.